The van der Waals surface area contributed by atoms with E-state index in [1.807, 2.05) is 29.8 Å². The minimum absolute atomic E-state index is 0.831. The summed E-state index contributed by atoms with van der Waals surface area (Å²) in [5, 5.41) is 3.26. The van der Waals surface area contributed by atoms with Crippen molar-refractivity contribution >= 4 is 49.0 Å². The molecule has 17 heavy (non-hydrogen) atoms. The lowest BCUT2D eigenvalue weighted by atomic mass is 10.3. The summed E-state index contributed by atoms with van der Waals surface area (Å²) < 4.78 is 2.15. The van der Waals surface area contributed by atoms with Crippen LogP contribution in [0.25, 0.3) is 10.2 Å². The van der Waals surface area contributed by atoms with E-state index in [9.17, 15) is 0 Å². The van der Waals surface area contributed by atoms with E-state index >= 15 is 0 Å². The zero-order valence-corrected chi connectivity index (χ0v) is 11.1. The third-order valence-corrected chi connectivity index (χ3v) is 3.59. The van der Waals surface area contributed by atoms with Gasteiger partial charge < -0.3 is 5.32 Å². The molecule has 1 N–H and O–H groups in total. The van der Waals surface area contributed by atoms with Gasteiger partial charge in [-0.2, -0.15) is 0 Å². The second-order valence-electron chi connectivity index (χ2n) is 3.52. The number of nitrogens with one attached hydrogen (secondary N) is 1. The highest BCUT2D eigenvalue weighted by Crippen LogP contribution is 2.24. The summed E-state index contributed by atoms with van der Waals surface area (Å²) in [6.45, 7) is 0. The van der Waals surface area contributed by atoms with Crippen molar-refractivity contribution in [3.8, 4) is 0 Å². The van der Waals surface area contributed by atoms with Crippen molar-refractivity contribution in [2.24, 2.45) is 0 Å². The van der Waals surface area contributed by atoms with Crippen molar-refractivity contribution in [2.45, 2.75) is 0 Å². The van der Waals surface area contributed by atoms with Gasteiger partial charge in [0.2, 0.25) is 0 Å². The first kappa shape index (κ1) is 10.7. The standard InChI is InChI=1S/C12H8BrN3S/c13-8-1-4-12(14-6-8)16-9-2-3-10-11(5-9)17-7-15-10/h1-7H,(H,14,16). The molecule has 0 aliphatic heterocycles. The molecule has 0 unspecified atom stereocenters. The molecular weight excluding hydrogens is 298 g/mol. The average molecular weight is 306 g/mol. The van der Waals surface area contributed by atoms with E-state index in [1.54, 1.807) is 17.5 Å². The number of pyridine rings is 1. The Bertz CT molecular complexity index is 648. The molecule has 2 aromatic heterocycles. The Hall–Kier alpha value is -1.46. The van der Waals surface area contributed by atoms with E-state index < -0.39 is 0 Å². The maximum atomic E-state index is 4.27. The van der Waals surface area contributed by atoms with E-state index in [2.05, 4.69) is 37.3 Å². The summed E-state index contributed by atoms with van der Waals surface area (Å²) in [4.78, 5) is 8.52. The first-order chi connectivity index (χ1) is 8.31. The van der Waals surface area contributed by atoms with E-state index in [0.717, 1.165) is 21.5 Å². The lowest BCUT2D eigenvalue weighted by Crippen LogP contribution is -1.92. The molecule has 84 valence electrons. The van der Waals surface area contributed by atoms with E-state index in [0.29, 0.717) is 0 Å². The Labute approximate surface area is 111 Å². The number of aromatic nitrogens is 2. The molecule has 0 atom stereocenters. The van der Waals surface area contributed by atoms with Crippen LogP contribution in [0.15, 0.2) is 46.5 Å². The van der Waals surface area contributed by atoms with E-state index in [-0.39, 0.29) is 0 Å². The fraction of sp³-hybridized carbons (Fsp3) is 0. The molecule has 5 heteroatoms. The van der Waals surface area contributed by atoms with E-state index in [4.69, 9.17) is 0 Å². The summed E-state index contributed by atoms with van der Waals surface area (Å²) in [5.74, 6) is 0.831. The maximum Gasteiger partial charge on any atom is 0.130 e. The van der Waals surface area contributed by atoms with Gasteiger partial charge in [0, 0.05) is 16.4 Å². The quantitative estimate of drug-likeness (QED) is 0.771. The molecule has 0 bridgehead atoms. The molecule has 3 aromatic rings. The summed E-state index contributed by atoms with van der Waals surface area (Å²) in [6.07, 6.45) is 1.77. The van der Waals surface area contributed by atoms with Gasteiger partial charge in [0.15, 0.2) is 0 Å². The normalized spacial score (nSPS) is 10.6. The number of hydrogen-bond donors (Lipinski definition) is 1. The molecule has 0 aliphatic carbocycles. The lowest BCUT2D eigenvalue weighted by Gasteiger charge is -2.05. The molecule has 3 rings (SSSR count). The first-order valence-corrected chi connectivity index (χ1v) is 6.70. The van der Waals surface area contributed by atoms with Gasteiger partial charge in [-0.25, -0.2) is 9.97 Å². The predicted octanol–water partition coefficient (Wildman–Crippen LogP) is 4.20. The molecule has 0 amide bonds. The van der Waals surface area contributed by atoms with E-state index in [1.165, 1.54) is 4.70 Å². The fourth-order valence-corrected chi connectivity index (χ4v) is 2.48. The molecule has 0 fully saturated rings. The molecule has 0 radical (unpaired) electrons. The molecular formula is C12H8BrN3S. The SMILES string of the molecule is Brc1ccc(Nc2ccc3ncsc3c2)nc1. The van der Waals surface area contributed by atoms with Crippen LogP contribution in [0.2, 0.25) is 0 Å². The summed E-state index contributed by atoms with van der Waals surface area (Å²) in [7, 11) is 0. The second-order valence-corrected chi connectivity index (χ2v) is 5.32. The number of rotatable bonds is 2. The van der Waals surface area contributed by atoms with Gasteiger partial charge in [-0.1, -0.05) is 0 Å². The maximum absolute atomic E-state index is 4.27. The minimum Gasteiger partial charge on any atom is -0.340 e. The lowest BCUT2D eigenvalue weighted by molar-refractivity contribution is 1.29. The molecule has 2 heterocycles. The molecule has 0 saturated heterocycles. The van der Waals surface area contributed by atoms with Crippen LogP contribution in [0.4, 0.5) is 11.5 Å². The van der Waals surface area contributed by atoms with Gasteiger partial charge in [-0.05, 0) is 46.3 Å². The van der Waals surface area contributed by atoms with Crippen LogP contribution in [0.3, 0.4) is 0 Å². The van der Waals surface area contributed by atoms with Gasteiger partial charge in [0.1, 0.15) is 5.82 Å². The number of halogens is 1. The Balaban J connectivity index is 1.91. The first-order valence-electron chi connectivity index (χ1n) is 5.03. The number of hydrogen-bond acceptors (Lipinski definition) is 4. The van der Waals surface area contributed by atoms with Gasteiger partial charge in [0.25, 0.3) is 0 Å². The zero-order valence-electron chi connectivity index (χ0n) is 8.72. The van der Waals surface area contributed by atoms with Crippen LogP contribution in [0.5, 0.6) is 0 Å². The van der Waals surface area contributed by atoms with Crippen molar-refractivity contribution in [2.75, 3.05) is 5.32 Å². The third kappa shape index (κ3) is 2.30. The molecule has 0 aliphatic rings. The summed E-state index contributed by atoms with van der Waals surface area (Å²) >= 11 is 5.00. The van der Waals surface area contributed by atoms with Crippen molar-refractivity contribution in [3.05, 3.63) is 46.5 Å². The Kier molecular flexibility index (Phi) is 2.78. The van der Waals surface area contributed by atoms with Gasteiger partial charge in [0.05, 0.1) is 15.7 Å². The van der Waals surface area contributed by atoms with Crippen LogP contribution < -0.4 is 5.32 Å². The molecule has 3 nitrogen and oxygen atoms in total. The molecule has 1 aromatic carbocycles. The van der Waals surface area contributed by atoms with Crippen molar-refractivity contribution in [3.63, 3.8) is 0 Å². The smallest absolute Gasteiger partial charge is 0.130 e. The van der Waals surface area contributed by atoms with Crippen molar-refractivity contribution in [1.82, 2.24) is 9.97 Å². The fourth-order valence-electron chi connectivity index (χ4n) is 1.53. The molecule has 0 spiro atoms. The average Bonchev–Trinajstić information content (AvgIpc) is 2.79. The number of benzene rings is 1. The summed E-state index contributed by atoms with van der Waals surface area (Å²) in [5.41, 5.74) is 3.91. The van der Waals surface area contributed by atoms with Crippen LogP contribution in [0.1, 0.15) is 0 Å². The van der Waals surface area contributed by atoms with Gasteiger partial charge >= 0.3 is 0 Å². The minimum atomic E-state index is 0.831. The molecule has 0 saturated carbocycles. The van der Waals surface area contributed by atoms with Crippen LogP contribution in [-0.4, -0.2) is 9.97 Å². The highest BCUT2D eigenvalue weighted by atomic mass is 79.9. The monoisotopic (exact) mass is 305 g/mol. The number of fused-ring (bicyclic) bond motifs is 1. The van der Waals surface area contributed by atoms with Crippen molar-refractivity contribution in [1.29, 1.82) is 0 Å². The zero-order chi connectivity index (χ0) is 11.7. The number of nitrogens with zero attached hydrogens (tertiary/aromatic N) is 2. The van der Waals surface area contributed by atoms with Crippen LogP contribution in [-0.2, 0) is 0 Å². The highest BCUT2D eigenvalue weighted by Gasteiger charge is 2.00. The topological polar surface area (TPSA) is 37.8 Å². The van der Waals surface area contributed by atoms with Crippen LogP contribution in [0, 0.1) is 0 Å². The highest BCUT2D eigenvalue weighted by molar-refractivity contribution is 9.10. The Morgan fingerprint density at radius 1 is 1.12 bits per heavy atom. The second kappa shape index (κ2) is 4.43. The van der Waals surface area contributed by atoms with Crippen molar-refractivity contribution < 1.29 is 0 Å². The van der Waals surface area contributed by atoms with Crippen LogP contribution >= 0.6 is 27.3 Å². The number of thiazole rings is 1. The predicted molar refractivity (Wildman–Crippen MR) is 74.8 cm³/mol. The number of anilines is 2. The largest absolute Gasteiger partial charge is 0.340 e. The third-order valence-electron chi connectivity index (χ3n) is 2.33. The Morgan fingerprint density at radius 3 is 2.88 bits per heavy atom. The Morgan fingerprint density at radius 2 is 2.06 bits per heavy atom. The summed E-state index contributed by atoms with van der Waals surface area (Å²) in [6, 6.07) is 9.98. The van der Waals surface area contributed by atoms with Gasteiger partial charge in [-0.15, -0.1) is 11.3 Å². The van der Waals surface area contributed by atoms with Gasteiger partial charge in [-0.3, -0.25) is 0 Å².